The molecule has 0 aromatic heterocycles. The van der Waals surface area contributed by atoms with E-state index in [2.05, 4.69) is 16.0 Å². The maximum Gasteiger partial charge on any atom is 0.338 e. The number of esters is 1. The second-order valence-corrected chi connectivity index (χ2v) is 7.35. The van der Waals surface area contributed by atoms with Crippen LogP contribution in [0.3, 0.4) is 0 Å². The maximum atomic E-state index is 12.7. The minimum atomic E-state index is -0.571. The quantitative estimate of drug-likeness (QED) is 0.649. The van der Waals surface area contributed by atoms with Crippen LogP contribution in [0.5, 0.6) is 0 Å². The highest BCUT2D eigenvalue weighted by molar-refractivity contribution is 6.30. The van der Waals surface area contributed by atoms with E-state index in [1.54, 1.807) is 19.1 Å². The summed E-state index contributed by atoms with van der Waals surface area (Å²) < 4.78 is 5.27. The molecule has 0 spiro atoms. The zero-order valence-corrected chi connectivity index (χ0v) is 16.3. The third-order valence-electron chi connectivity index (χ3n) is 5.03. The molecule has 1 atom stereocenters. The molecule has 2 amide bonds. The van der Waals surface area contributed by atoms with Gasteiger partial charge in [-0.25, -0.2) is 9.59 Å². The van der Waals surface area contributed by atoms with Gasteiger partial charge in [0, 0.05) is 23.3 Å². The van der Waals surface area contributed by atoms with Crippen LogP contribution < -0.4 is 16.0 Å². The van der Waals surface area contributed by atoms with E-state index in [4.69, 9.17) is 16.3 Å². The van der Waals surface area contributed by atoms with Crippen molar-refractivity contribution in [2.75, 3.05) is 13.2 Å². The molecule has 146 valence electrons. The number of ether oxygens (including phenoxy) is 1. The van der Waals surface area contributed by atoms with E-state index in [0.29, 0.717) is 28.9 Å². The molecule has 1 unspecified atom stereocenters. The molecule has 1 aromatic carbocycles. The Morgan fingerprint density at radius 1 is 1.22 bits per heavy atom. The Balaban J connectivity index is 1.88. The zero-order valence-electron chi connectivity index (χ0n) is 15.5. The average molecular weight is 392 g/mol. The number of halogens is 1. The molecular weight excluding hydrogens is 366 g/mol. The summed E-state index contributed by atoms with van der Waals surface area (Å²) in [6, 6.07) is 6.62. The normalized spacial score (nSPS) is 20.8. The van der Waals surface area contributed by atoms with Gasteiger partial charge in [-0.3, -0.25) is 0 Å². The van der Waals surface area contributed by atoms with Crippen LogP contribution in [0.1, 0.15) is 50.6 Å². The van der Waals surface area contributed by atoms with Gasteiger partial charge in [0.2, 0.25) is 0 Å². The Morgan fingerprint density at radius 3 is 2.59 bits per heavy atom. The SMILES string of the molecule is CCOC(=O)C1=C(CNC2CCCCC2)NC(=O)NC1c1ccc(Cl)cc1. The van der Waals surface area contributed by atoms with E-state index in [0.717, 1.165) is 18.4 Å². The molecule has 27 heavy (non-hydrogen) atoms. The van der Waals surface area contributed by atoms with E-state index in [1.807, 2.05) is 12.1 Å². The number of benzene rings is 1. The molecule has 3 N–H and O–H groups in total. The Bertz CT molecular complexity index is 712. The number of hydrogen-bond acceptors (Lipinski definition) is 4. The van der Waals surface area contributed by atoms with Crippen LogP contribution in [0.2, 0.25) is 5.02 Å². The van der Waals surface area contributed by atoms with Crippen molar-refractivity contribution in [1.29, 1.82) is 0 Å². The van der Waals surface area contributed by atoms with Crippen LogP contribution >= 0.6 is 11.6 Å². The van der Waals surface area contributed by atoms with Gasteiger partial charge in [-0.15, -0.1) is 0 Å². The molecule has 0 saturated heterocycles. The Hall–Kier alpha value is -2.05. The molecule has 1 heterocycles. The minimum Gasteiger partial charge on any atom is -0.463 e. The molecule has 6 nitrogen and oxygen atoms in total. The zero-order chi connectivity index (χ0) is 19.2. The first-order chi connectivity index (χ1) is 13.1. The fourth-order valence-corrected chi connectivity index (χ4v) is 3.79. The van der Waals surface area contributed by atoms with Gasteiger partial charge >= 0.3 is 12.0 Å². The van der Waals surface area contributed by atoms with Gasteiger partial charge in [0.05, 0.1) is 18.2 Å². The van der Waals surface area contributed by atoms with E-state index in [1.165, 1.54) is 19.3 Å². The number of urea groups is 1. The van der Waals surface area contributed by atoms with E-state index >= 15 is 0 Å². The topological polar surface area (TPSA) is 79.5 Å². The standard InChI is InChI=1S/C20H26ClN3O3/c1-2-27-19(25)17-16(12-22-15-6-4-3-5-7-15)23-20(26)24-18(17)13-8-10-14(21)11-9-13/h8-11,15,18,22H,2-7,12H2,1H3,(H2,23,24,26). The smallest absolute Gasteiger partial charge is 0.338 e. The summed E-state index contributed by atoms with van der Waals surface area (Å²) in [5.74, 6) is -0.426. The fraction of sp³-hybridized carbons (Fsp3) is 0.500. The van der Waals surface area contributed by atoms with Crippen molar-refractivity contribution in [3.63, 3.8) is 0 Å². The molecule has 2 aliphatic rings. The average Bonchev–Trinajstić information content (AvgIpc) is 2.67. The second kappa shape index (κ2) is 9.24. The second-order valence-electron chi connectivity index (χ2n) is 6.91. The van der Waals surface area contributed by atoms with Gasteiger partial charge in [-0.05, 0) is 37.5 Å². The fourth-order valence-electron chi connectivity index (χ4n) is 3.67. The number of rotatable bonds is 6. The lowest BCUT2D eigenvalue weighted by Gasteiger charge is -2.31. The molecule has 0 radical (unpaired) electrons. The van der Waals surface area contributed by atoms with Gasteiger partial charge in [-0.2, -0.15) is 0 Å². The predicted octanol–water partition coefficient (Wildman–Crippen LogP) is 3.43. The van der Waals surface area contributed by atoms with Crippen LogP contribution in [0.4, 0.5) is 4.79 Å². The first-order valence-electron chi connectivity index (χ1n) is 9.55. The molecule has 1 aliphatic carbocycles. The Labute approximate surface area is 164 Å². The first-order valence-corrected chi connectivity index (χ1v) is 9.92. The summed E-state index contributed by atoms with van der Waals surface area (Å²) in [4.78, 5) is 24.9. The molecule has 0 bridgehead atoms. The highest BCUT2D eigenvalue weighted by Crippen LogP contribution is 2.29. The monoisotopic (exact) mass is 391 g/mol. The molecular formula is C20H26ClN3O3. The third-order valence-corrected chi connectivity index (χ3v) is 5.28. The van der Waals surface area contributed by atoms with Crippen LogP contribution in [0, 0.1) is 0 Å². The summed E-state index contributed by atoms with van der Waals surface area (Å²) in [6.45, 7) is 2.47. The number of nitrogens with one attached hydrogen (secondary N) is 3. The lowest BCUT2D eigenvalue weighted by molar-refractivity contribution is -0.139. The van der Waals surface area contributed by atoms with Crippen LogP contribution in [0.25, 0.3) is 0 Å². The molecule has 1 aromatic rings. The minimum absolute atomic E-state index is 0.271. The van der Waals surface area contributed by atoms with Crippen molar-refractivity contribution >= 4 is 23.6 Å². The van der Waals surface area contributed by atoms with Gasteiger partial charge in [0.15, 0.2) is 0 Å². The highest BCUT2D eigenvalue weighted by atomic mass is 35.5. The largest absolute Gasteiger partial charge is 0.463 e. The van der Waals surface area contributed by atoms with Crippen LogP contribution in [-0.2, 0) is 9.53 Å². The molecule has 3 rings (SSSR count). The van der Waals surface area contributed by atoms with E-state index in [9.17, 15) is 9.59 Å². The molecule has 1 fully saturated rings. The first kappa shape index (κ1) is 19.7. The number of carbonyl (C=O) groups excluding carboxylic acids is 2. The summed E-state index contributed by atoms with van der Waals surface area (Å²) in [5, 5.41) is 9.71. The van der Waals surface area contributed by atoms with Crippen molar-refractivity contribution < 1.29 is 14.3 Å². The van der Waals surface area contributed by atoms with Gasteiger partial charge in [0.25, 0.3) is 0 Å². The molecule has 7 heteroatoms. The molecule has 1 saturated carbocycles. The van der Waals surface area contributed by atoms with Gasteiger partial charge in [0.1, 0.15) is 0 Å². The summed E-state index contributed by atoms with van der Waals surface area (Å²) in [7, 11) is 0. The number of amides is 2. The number of carbonyl (C=O) groups is 2. The van der Waals surface area contributed by atoms with Crippen LogP contribution in [-0.4, -0.2) is 31.2 Å². The van der Waals surface area contributed by atoms with Crippen LogP contribution in [0.15, 0.2) is 35.5 Å². The lowest BCUT2D eigenvalue weighted by Crippen LogP contribution is -2.49. The molecule has 1 aliphatic heterocycles. The summed E-state index contributed by atoms with van der Waals surface area (Å²) in [6.07, 6.45) is 5.93. The third kappa shape index (κ3) is 5.02. The van der Waals surface area contributed by atoms with Crippen molar-refractivity contribution in [2.24, 2.45) is 0 Å². The van der Waals surface area contributed by atoms with Crippen molar-refractivity contribution in [1.82, 2.24) is 16.0 Å². The van der Waals surface area contributed by atoms with Crippen molar-refractivity contribution in [3.8, 4) is 0 Å². The van der Waals surface area contributed by atoms with Gasteiger partial charge in [-0.1, -0.05) is 43.0 Å². The summed E-state index contributed by atoms with van der Waals surface area (Å²) >= 11 is 5.98. The van der Waals surface area contributed by atoms with Crippen molar-refractivity contribution in [3.05, 3.63) is 46.1 Å². The maximum absolute atomic E-state index is 12.7. The predicted molar refractivity (Wildman–Crippen MR) is 104 cm³/mol. The highest BCUT2D eigenvalue weighted by Gasteiger charge is 2.33. The Kier molecular flexibility index (Phi) is 6.74. The number of hydrogen-bond donors (Lipinski definition) is 3. The lowest BCUT2D eigenvalue weighted by atomic mass is 9.93. The van der Waals surface area contributed by atoms with E-state index < -0.39 is 12.0 Å². The van der Waals surface area contributed by atoms with E-state index in [-0.39, 0.29) is 12.6 Å². The van der Waals surface area contributed by atoms with Gasteiger partial charge < -0.3 is 20.7 Å². The summed E-state index contributed by atoms with van der Waals surface area (Å²) in [5.41, 5.74) is 1.79. The van der Waals surface area contributed by atoms with Crippen molar-refractivity contribution in [2.45, 2.75) is 51.1 Å². The Morgan fingerprint density at radius 2 is 1.93 bits per heavy atom.